The van der Waals surface area contributed by atoms with Crippen molar-refractivity contribution in [1.29, 1.82) is 0 Å². The number of aliphatic carboxylic acids is 1. The van der Waals surface area contributed by atoms with Crippen LogP contribution in [0.4, 0.5) is 0 Å². The van der Waals surface area contributed by atoms with E-state index >= 15 is 0 Å². The maximum absolute atomic E-state index is 11.3. The van der Waals surface area contributed by atoms with E-state index in [2.05, 4.69) is 5.32 Å². The van der Waals surface area contributed by atoms with Crippen LogP contribution in [0.3, 0.4) is 0 Å². The zero-order chi connectivity index (χ0) is 14.5. The Hall–Kier alpha value is -1.67. The van der Waals surface area contributed by atoms with E-state index in [0.29, 0.717) is 0 Å². The first-order chi connectivity index (χ1) is 8.76. The lowest BCUT2D eigenvalue weighted by Gasteiger charge is -2.01. The number of sulfone groups is 1. The van der Waals surface area contributed by atoms with Crippen molar-refractivity contribution in [2.45, 2.75) is 6.54 Å². The van der Waals surface area contributed by atoms with Crippen LogP contribution in [0.5, 0.6) is 0 Å². The first-order valence-corrected chi connectivity index (χ1v) is 8.08. The summed E-state index contributed by atoms with van der Waals surface area (Å²) in [5, 5.41) is 11.0. The van der Waals surface area contributed by atoms with Crippen molar-refractivity contribution < 1.29 is 23.1 Å². The van der Waals surface area contributed by atoms with Crippen LogP contribution in [0.2, 0.25) is 0 Å². The number of carbonyl (C=O) groups excluding carboxylic acids is 1. The molecule has 104 valence electrons. The van der Waals surface area contributed by atoms with Gasteiger partial charge in [0.1, 0.15) is 5.75 Å². The predicted octanol–water partition coefficient (Wildman–Crippen LogP) is 0.507. The van der Waals surface area contributed by atoms with Crippen molar-refractivity contribution in [2.24, 2.45) is 0 Å². The molecule has 19 heavy (non-hydrogen) atoms. The molecule has 0 saturated heterocycles. The molecule has 0 saturated carbocycles. The lowest BCUT2D eigenvalue weighted by atomic mass is 10.4. The van der Waals surface area contributed by atoms with Gasteiger partial charge in [-0.15, -0.1) is 11.3 Å². The van der Waals surface area contributed by atoms with Crippen molar-refractivity contribution in [3.63, 3.8) is 0 Å². The Morgan fingerprint density at radius 3 is 2.68 bits per heavy atom. The molecule has 0 fully saturated rings. The second-order valence-corrected chi connectivity index (χ2v) is 7.16. The molecule has 1 aromatic rings. The summed E-state index contributed by atoms with van der Waals surface area (Å²) < 4.78 is 21.8. The van der Waals surface area contributed by atoms with E-state index in [9.17, 15) is 18.0 Å². The van der Waals surface area contributed by atoms with Gasteiger partial charge in [0, 0.05) is 22.1 Å². The lowest BCUT2D eigenvalue weighted by Crippen LogP contribution is -2.29. The second kappa shape index (κ2) is 6.48. The second-order valence-electron chi connectivity index (χ2n) is 3.82. The normalized spacial score (nSPS) is 11.6. The van der Waals surface area contributed by atoms with Gasteiger partial charge in [-0.25, -0.2) is 13.2 Å². The number of amides is 1. The SMILES string of the molecule is CS(=O)(=O)CC(=O)NCc1ccc(C=CC(=O)O)s1. The van der Waals surface area contributed by atoms with Crippen molar-refractivity contribution in [3.05, 3.63) is 28.0 Å². The summed E-state index contributed by atoms with van der Waals surface area (Å²) in [6, 6.07) is 3.47. The molecule has 8 heteroatoms. The Bertz CT molecular complexity index is 600. The molecule has 1 aromatic heterocycles. The quantitative estimate of drug-likeness (QED) is 0.746. The summed E-state index contributed by atoms with van der Waals surface area (Å²) in [4.78, 5) is 23.2. The first kappa shape index (κ1) is 15.4. The maximum Gasteiger partial charge on any atom is 0.328 e. The summed E-state index contributed by atoms with van der Waals surface area (Å²) in [6.45, 7) is 0.222. The summed E-state index contributed by atoms with van der Waals surface area (Å²) in [7, 11) is -3.33. The third-order valence-electron chi connectivity index (χ3n) is 1.93. The summed E-state index contributed by atoms with van der Waals surface area (Å²) in [6.07, 6.45) is 3.47. The van der Waals surface area contributed by atoms with E-state index in [0.717, 1.165) is 22.1 Å². The predicted molar refractivity (Wildman–Crippen MR) is 72.5 cm³/mol. The van der Waals surface area contributed by atoms with Crippen LogP contribution < -0.4 is 5.32 Å². The molecule has 1 rings (SSSR count). The van der Waals surface area contributed by atoms with Crippen molar-refractivity contribution in [3.8, 4) is 0 Å². The Morgan fingerprint density at radius 2 is 2.11 bits per heavy atom. The van der Waals surface area contributed by atoms with Gasteiger partial charge in [0.15, 0.2) is 9.84 Å². The molecule has 0 aliphatic heterocycles. The topological polar surface area (TPSA) is 101 Å². The van der Waals surface area contributed by atoms with Gasteiger partial charge in [-0.3, -0.25) is 4.79 Å². The number of carboxylic acids is 1. The fourth-order valence-corrected chi connectivity index (χ4v) is 2.64. The number of nitrogens with one attached hydrogen (secondary N) is 1. The third kappa shape index (κ3) is 6.73. The molecule has 0 bridgehead atoms. The smallest absolute Gasteiger partial charge is 0.328 e. The van der Waals surface area contributed by atoms with E-state index < -0.39 is 27.5 Å². The monoisotopic (exact) mass is 303 g/mol. The highest BCUT2D eigenvalue weighted by Gasteiger charge is 2.10. The van der Waals surface area contributed by atoms with Gasteiger partial charge in [0.05, 0.1) is 6.54 Å². The van der Waals surface area contributed by atoms with Crippen molar-refractivity contribution in [2.75, 3.05) is 12.0 Å². The third-order valence-corrected chi connectivity index (χ3v) is 3.76. The average molecular weight is 303 g/mol. The van der Waals surface area contributed by atoms with Gasteiger partial charge >= 0.3 is 5.97 Å². The van der Waals surface area contributed by atoms with E-state index in [1.807, 2.05) is 0 Å². The Morgan fingerprint density at radius 1 is 1.42 bits per heavy atom. The van der Waals surface area contributed by atoms with Gasteiger partial charge < -0.3 is 10.4 Å². The zero-order valence-corrected chi connectivity index (χ0v) is 11.8. The average Bonchev–Trinajstić information content (AvgIpc) is 2.69. The minimum atomic E-state index is -3.33. The highest BCUT2D eigenvalue weighted by molar-refractivity contribution is 7.91. The molecule has 0 unspecified atom stereocenters. The molecule has 1 heterocycles. The molecule has 6 nitrogen and oxygen atoms in total. The summed E-state index contributed by atoms with van der Waals surface area (Å²) >= 11 is 1.32. The molecular formula is C11H13NO5S2. The van der Waals surface area contributed by atoms with E-state index in [1.165, 1.54) is 17.4 Å². The minimum Gasteiger partial charge on any atom is -0.478 e. The molecule has 0 atom stereocenters. The van der Waals surface area contributed by atoms with Crippen LogP contribution in [0.25, 0.3) is 6.08 Å². The molecule has 1 amide bonds. The van der Waals surface area contributed by atoms with Crippen molar-refractivity contribution >= 4 is 39.1 Å². The van der Waals surface area contributed by atoms with Crippen molar-refractivity contribution in [1.82, 2.24) is 5.32 Å². The molecule has 0 radical (unpaired) electrons. The minimum absolute atomic E-state index is 0.222. The molecule has 0 aliphatic carbocycles. The van der Waals surface area contributed by atoms with E-state index in [4.69, 9.17) is 5.11 Å². The van der Waals surface area contributed by atoms with Gasteiger partial charge in [0.2, 0.25) is 5.91 Å². The molecule has 0 aliphatic rings. The van der Waals surface area contributed by atoms with E-state index in [-0.39, 0.29) is 6.54 Å². The molecule has 0 aromatic carbocycles. The van der Waals surface area contributed by atoms with Gasteiger partial charge in [-0.05, 0) is 18.2 Å². The maximum atomic E-state index is 11.3. The zero-order valence-electron chi connectivity index (χ0n) is 10.1. The summed E-state index contributed by atoms with van der Waals surface area (Å²) in [5.74, 6) is -2.13. The molecule has 2 N–H and O–H groups in total. The Balaban J connectivity index is 2.51. The van der Waals surface area contributed by atoms with Crippen LogP contribution in [0.1, 0.15) is 9.75 Å². The van der Waals surface area contributed by atoms with Gasteiger partial charge in [-0.2, -0.15) is 0 Å². The number of thiophene rings is 1. The Kier molecular flexibility index (Phi) is 5.25. The van der Waals surface area contributed by atoms with Crippen LogP contribution >= 0.6 is 11.3 Å². The van der Waals surface area contributed by atoms with E-state index in [1.54, 1.807) is 12.1 Å². The fourth-order valence-electron chi connectivity index (χ4n) is 1.21. The first-order valence-electron chi connectivity index (χ1n) is 5.20. The number of carboxylic acid groups (broad SMARTS) is 1. The number of hydrogen-bond donors (Lipinski definition) is 2. The highest BCUT2D eigenvalue weighted by atomic mass is 32.2. The van der Waals surface area contributed by atoms with Crippen LogP contribution in [-0.4, -0.2) is 37.4 Å². The highest BCUT2D eigenvalue weighted by Crippen LogP contribution is 2.17. The Labute approximate surface area is 114 Å². The largest absolute Gasteiger partial charge is 0.478 e. The van der Waals surface area contributed by atoms with Crippen LogP contribution in [0, 0.1) is 0 Å². The number of rotatable bonds is 6. The lowest BCUT2D eigenvalue weighted by molar-refractivity contribution is -0.131. The van der Waals surface area contributed by atoms with Gasteiger partial charge in [-0.1, -0.05) is 0 Å². The number of carbonyl (C=O) groups is 2. The van der Waals surface area contributed by atoms with Crippen LogP contribution in [0.15, 0.2) is 18.2 Å². The summed E-state index contributed by atoms with van der Waals surface area (Å²) in [5.41, 5.74) is 0. The molecule has 0 spiro atoms. The number of hydrogen-bond acceptors (Lipinski definition) is 5. The molecular weight excluding hydrogens is 290 g/mol. The van der Waals surface area contributed by atoms with Crippen LogP contribution in [-0.2, 0) is 26.0 Å². The standard InChI is InChI=1S/C11H13NO5S2/c1-19(16,17)7-10(13)12-6-9-3-2-8(18-9)4-5-11(14)15/h2-5H,6-7H2,1H3,(H,12,13)(H,14,15). The fraction of sp³-hybridized carbons (Fsp3) is 0.273. The van der Waals surface area contributed by atoms with Gasteiger partial charge in [0.25, 0.3) is 0 Å².